The minimum atomic E-state index is -4.67. The van der Waals surface area contributed by atoms with Crippen LogP contribution in [-0.4, -0.2) is 16.1 Å². The zero-order chi connectivity index (χ0) is 14.2. The SMILES string of the molecule is Cc1nn(-c2ccc(OC(F)(F)F)cc2)c(C)c1C. The Kier molecular flexibility index (Phi) is 3.26. The molecule has 1 heterocycles. The molecule has 0 saturated carbocycles. The van der Waals surface area contributed by atoms with Crippen LogP contribution in [0.15, 0.2) is 24.3 Å². The third-order valence-electron chi connectivity index (χ3n) is 2.97. The Balaban J connectivity index is 2.30. The number of benzene rings is 1. The molecule has 0 unspecified atom stereocenters. The summed E-state index contributed by atoms with van der Waals surface area (Å²) in [5.74, 6) is -0.241. The zero-order valence-electron chi connectivity index (χ0n) is 10.7. The van der Waals surface area contributed by atoms with Crippen molar-refractivity contribution in [2.24, 2.45) is 0 Å². The Hall–Kier alpha value is -1.98. The van der Waals surface area contributed by atoms with Crippen molar-refractivity contribution in [2.45, 2.75) is 27.1 Å². The molecule has 0 aliphatic carbocycles. The number of rotatable bonds is 2. The molecule has 2 aromatic rings. The third kappa shape index (κ3) is 2.89. The zero-order valence-corrected chi connectivity index (χ0v) is 10.7. The fourth-order valence-corrected chi connectivity index (χ4v) is 1.76. The lowest BCUT2D eigenvalue weighted by Crippen LogP contribution is -2.17. The highest BCUT2D eigenvalue weighted by Crippen LogP contribution is 2.24. The summed E-state index contributed by atoms with van der Waals surface area (Å²) in [6, 6.07) is 5.63. The summed E-state index contributed by atoms with van der Waals surface area (Å²) in [7, 11) is 0. The first-order valence-corrected chi connectivity index (χ1v) is 5.67. The van der Waals surface area contributed by atoms with Crippen molar-refractivity contribution in [1.82, 2.24) is 9.78 Å². The second kappa shape index (κ2) is 4.60. The van der Waals surface area contributed by atoms with E-state index in [0.29, 0.717) is 5.69 Å². The lowest BCUT2D eigenvalue weighted by molar-refractivity contribution is -0.274. The van der Waals surface area contributed by atoms with Gasteiger partial charge < -0.3 is 4.74 Å². The van der Waals surface area contributed by atoms with Crippen LogP contribution >= 0.6 is 0 Å². The summed E-state index contributed by atoms with van der Waals surface area (Å²) in [5.41, 5.74) is 3.62. The molecule has 1 aromatic heterocycles. The lowest BCUT2D eigenvalue weighted by Gasteiger charge is -2.10. The van der Waals surface area contributed by atoms with Crippen LogP contribution in [-0.2, 0) is 0 Å². The number of ether oxygens (including phenoxy) is 1. The fourth-order valence-electron chi connectivity index (χ4n) is 1.76. The second-order valence-corrected chi connectivity index (χ2v) is 4.25. The highest BCUT2D eigenvalue weighted by molar-refractivity contribution is 5.40. The standard InChI is InChI=1S/C13H13F3N2O/c1-8-9(2)17-18(10(8)3)11-4-6-12(7-5-11)19-13(14,15)16/h4-7H,1-3H3. The van der Waals surface area contributed by atoms with E-state index in [-0.39, 0.29) is 5.75 Å². The van der Waals surface area contributed by atoms with E-state index in [1.807, 2.05) is 20.8 Å². The molecule has 0 atom stereocenters. The van der Waals surface area contributed by atoms with Crippen molar-refractivity contribution in [1.29, 1.82) is 0 Å². The number of hydrogen-bond donors (Lipinski definition) is 0. The van der Waals surface area contributed by atoms with Gasteiger partial charge in [-0.05, 0) is 50.6 Å². The molecule has 0 fully saturated rings. The molecule has 0 bridgehead atoms. The van der Waals surface area contributed by atoms with Crippen LogP contribution in [0.25, 0.3) is 5.69 Å². The van der Waals surface area contributed by atoms with Gasteiger partial charge in [0, 0.05) is 5.69 Å². The summed E-state index contributed by atoms with van der Waals surface area (Å²) in [4.78, 5) is 0. The quantitative estimate of drug-likeness (QED) is 0.832. The smallest absolute Gasteiger partial charge is 0.406 e. The molecule has 3 nitrogen and oxygen atoms in total. The van der Waals surface area contributed by atoms with Gasteiger partial charge in [-0.15, -0.1) is 13.2 Å². The summed E-state index contributed by atoms with van der Waals surface area (Å²) in [6.07, 6.45) is -4.67. The highest BCUT2D eigenvalue weighted by Gasteiger charge is 2.31. The predicted octanol–water partition coefficient (Wildman–Crippen LogP) is 3.70. The molecule has 1 aromatic carbocycles. The van der Waals surface area contributed by atoms with E-state index in [2.05, 4.69) is 9.84 Å². The number of aryl methyl sites for hydroxylation is 1. The van der Waals surface area contributed by atoms with Crippen LogP contribution in [0.4, 0.5) is 13.2 Å². The van der Waals surface area contributed by atoms with E-state index in [0.717, 1.165) is 17.0 Å². The molecule has 0 aliphatic heterocycles. The third-order valence-corrected chi connectivity index (χ3v) is 2.97. The van der Waals surface area contributed by atoms with Gasteiger partial charge in [0.05, 0.1) is 11.4 Å². The number of hydrogen-bond acceptors (Lipinski definition) is 2. The van der Waals surface area contributed by atoms with E-state index >= 15 is 0 Å². The number of nitrogens with zero attached hydrogens (tertiary/aromatic N) is 2. The Morgan fingerprint density at radius 3 is 2.05 bits per heavy atom. The first-order valence-electron chi connectivity index (χ1n) is 5.67. The molecule has 0 spiro atoms. The van der Waals surface area contributed by atoms with Gasteiger partial charge in [-0.1, -0.05) is 0 Å². The van der Waals surface area contributed by atoms with Gasteiger partial charge in [0.25, 0.3) is 0 Å². The van der Waals surface area contributed by atoms with Crippen molar-refractivity contribution in [3.8, 4) is 11.4 Å². The monoisotopic (exact) mass is 270 g/mol. The van der Waals surface area contributed by atoms with Gasteiger partial charge in [0.2, 0.25) is 0 Å². The van der Waals surface area contributed by atoms with Gasteiger partial charge in [0.1, 0.15) is 5.75 Å². The van der Waals surface area contributed by atoms with Crippen LogP contribution < -0.4 is 4.74 Å². The maximum atomic E-state index is 12.0. The average Bonchev–Trinajstić information content (AvgIpc) is 2.56. The van der Waals surface area contributed by atoms with Crippen LogP contribution in [0.3, 0.4) is 0 Å². The van der Waals surface area contributed by atoms with E-state index in [4.69, 9.17) is 0 Å². The summed E-state index contributed by atoms with van der Waals surface area (Å²) in [5, 5.41) is 4.34. The van der Waals surface area contributed by atoms with Crippen LogP contribution in [0.1, 0.15) is 17.0 Å². The minimum absolute atomic E-state index is 0.241. The van der Waals surface area contributed by atoms with Gasteiger partial charge >= 0.3 is 6.36 Å². The molecule has 6 heteroatoms. The second-order valence-electron chi connectivity index (χ2n) is 4.25. The Morgan fingerprint density at radius 2 is 1.63 bits per heavy atom. The van der Waals surface area contributed by atoms with Crippen molar-refractivity contribution >= 4 is 0 Å². The fraction of sp³-hybridized carbons (Fsp3) is 0.308. The lowest BCUT2D eigenvalue weighted by atomic mass is 10.2. The Bertz CT molecular complexity index is 585. The largest absolute Gasteiger partial charge is 0.573 e. The first-order chi connectivity index (χ1) is 8.78. The molecular weight excluding hydrogens is 257 g/mol. The molecule has 19 heavy (non-hydrogen) atoms. The molecule has 0 N–H and O–H groups in total. The van der Waals surface area contributed by atoms with Gasteiger partial charge in [0.15, 0.2) is 0 Å². The number of alkyl halides is 3. The van der Waals surface area contributed by atoms with Crippen molar-refractivity contribution < 1.29 is 17.9 Å². The predicted molar refractivity (Wildman–Crippen MR) is 64.5 cm³/mol. The molecule has 0 amide bonds. The first kappa shape index (κ1) is 13.5. The topological polar surface area (TPSA) is 27.1 Å². The van der Waals surface area contributed by atoms with E-state index in [9.17, 15) is 13.2 Å². The van der Waals surface area contributed by atoms with Crippen LogP contribution in [0.5, 0.6) is 5.75 Å². The summed E-state index contributed by atoms with van der Waals surface area (Å²) in [6.45, 7) is 5.75. The maximum Gasteiger partial charge on any atom is 0.573 e. The molecular formula is C13H13F3N2O. The molecule has 102 valence electrons. The van der Waals surface area contributed by atoms with Gasteiger partial charge in [-0.3, -0.25) is 0 Å². The van der Waals surface area contributed by atoms with E-state index in [1.54, 1.807) is 16.8 Å². The average molecular weight is 270 g/mol. The number of halogens is 3. The van der Waals surface area contributed by atoms with Crippen molar-refractivity contribution in [3.05, 3.63) is 41.2 Å². The van der Waals surface area contributed by atoms with Crippen LogP contribution in [0, 0.1) is 20.8 Å². The van der Waals surface area contributed by atoms with E-state index < -0.39 is 6.36 Å². The summed E-state index contributed by atoms with van der Waals surface area (Å²) >= 11 is 0. The van der Waals surface area contributed by atoms with Crippen molar-refractivity contribution in [2.75, 3.05) is 0 Å². The molecule has 2 rings (SSSR count). The van der Waals surface area contributed by atoms with Gasteiger partial charge in [-0.25, -0.2) is 4.68 Å². The molecule has 0 aliphatic rings. The van der Waals surface area contributed by atoms with Crippen LogP contribution in [0.2, 0.25) is 0 Å². The van der Waals surface area contributed by atoms with Crippen molar-refractivity contribution in [3.63, 3.8) is 0 Å². The maximum absolute atomic E-state index is 12.0. The minimum Gasteiger partial charge on any atom is -0.406 e. The number of aromatic nitrogens is 2. The van der Waals surface area contributed by atoms with Gasteiger partial charge in [-0.2, -0.15) is 5.10 Å². The summed E-state index contributed by atoms with van der Waals surface area (Å²) < 4.78 is 41.7. The Labute approximate surface area is 108 Å². The highest BCUT2D eigenvalue weighted by atomic mass is 19.4. The van der Waals surface area contributed by atoms with E-state index in [1.165, 1.54) is 12.1 Å². The normalized spacial score (nSPS) is 11.7. The molecule has 0 radical (unpaired) electrons. The Morgan fingerprint density at radius 1 is 1.05 bits per heavy atom. The molecule has 0 saturated heterocycles.